The Hall–Kier alpha value is -3.83. The summed E-state index contributed by atoms with van der Waals surface area (Å²) in [4.78, 5) is 21.3. The monoisotopic (exact) mass is 892 g/mol. The van der Waals surface area contributed by atoms with Gasteiger partial charge in [0.1, 0.15) is 0 Å². The van der Waals surface area contributed by atoms with Crippen molar-refractivity contribution in [3.8, 4) is 0 Å². The van der Waals surface area contributed by atoms with Crippen LogP contribution in [0.1, 0.15) is 50.7 Å². The zero-order valence-electron chi connectivity index (χ0n) is 33.8. The normalized spacial score (nSPS) is 16.7. The van der Waals surface area contributed by atoms with Crippen LogP contribution in [-0.2, 0) is 17.6 Å². The number of hydrogen-bond acceptors (Lipinski definition) is 8. The number of anilines is 6. The molecule has 0 spiro atoms. The van der Waals surface area contributed by atoms with Crippen LogP contribution in [0.15, 0.2) is 85.1 Å². The summed E-state index contributed by atoms with van der Waals surface area (Å²) >= 11 is 25.2. The molecule has 0 bridgehead atoms. The fraction of sp³-hybridized carbons (Fsp3) is 0.426. The highest BCUT2D eigenvalue weighted by Gasteiger charge is 2.21. The number of allylic oxidation sites excluding steroid dienone is 1. The molecule has 4 N–H and O–H groups in total. The Morgan fingerprint density at radius 3 is 1.82 bits per heavy atom. The molecule has 1 amide bonds. The lowest BCUT2D eigenvalue weighted by molar-refractivity contribution is -0.115. The zero-order valence-corrected chi connectivity index (χ0v) is 36.8. The van der Waals surface area contributed by atoms with Gasteiger partial charge in [0.25, 0.3) is 0 Å². The Morgan fingerprint density at radius 1 is 0.583 bits per heavy atom. The highest BCUT2D eigenvalue weighted by Crippen LogP contribution is 2.35. The molecule has 4 aliphatic rings. The van der Waals surface area contributed by atoms with Crippen molar-refractivity contribution in [2.75, 3.05) is 110 Å². The van der Waals surface area contributed by atoms with Gasteiger partial charge in [-0.25, -0.2) is 0 Å². The summed E-state index contributed by atoms with van der Waals surface area (Å²) < 4.78 is 0. The van der Waals surface area contributed by atoms with E-state index in [1.54, 1.807) is 0 Å². The van der Waals surface area contributed by atoms with Gasteiger partial charge in [0.2, 0.25) is 5.91 Å². The Kier molecular flexibility index (Phi) is 17.0. The van der Waals surface area contributed by atoms with Crippen molar-refractivity contribution in [3.05, 3.63) is 116 Å². The maximum Gasteiger partial charge on any atom is 0.228 e. The van der Waals surface area contributed by atoms with E-state index in [0.717, 1.165) is 145 Å². The standard InChI is InChI=1S/C24H30Cl2N4.C22H26Cl2N4O.CH4/c1-18-16-19-8-9-20(17-22(19)28-18)27-10-2-3-11-29-12-5-13-30(15-14-29)23-7-4-6-21(25)24(23)26;23-18-4-1-5-20(22(18)24)28-11-3-10-27(12-13-28)9-2-8-25-17-6-7-19-16(14-17)15-21(29)26-19;/h4,6-9,17,27-28H,1-3,5,10-16H2;1,4-7,14,25H,2-3,8-13,15H2,(H,26,29);1H4. The van der Waals surface area contributed by atoms with E-state index in [-0.39, 0.29) is 13.3 Å². The van der Waals surface area contributed by atoms with Crippen molar-refractivity contribution in [2.24, 2.45) is 0 Å². The first-order valence-corrected chi connectivity index (χ1v) is 22.5. The molecule has 0 radical (unpaired) electrons. The summed E-state index contributed by atoms with van der Waals surface area (Å²) in [5, 5.41) is 15.8. The molecule has 9 nitrogen and oxygen atoms in total. The molecule has 13 heteroatoms. The van der Waals surface area contributed by atoms with Gasteiger partial charge in [-0.15, -0.1) is 0 Å². The van der Waals surface area contributed by atoms with Crippen molar-refractivity contribution in [2.45, 2.75) is 52.4 Å². The summed E-state index contributed by atoms with van der Waals surface area (Å²) in [5.74, 6) is 0.0754. The minimum Gasteiger partial charge on any atom is -0.385 e. The third-order valence-corrected chi connectivity index (χ3v) is 13.1. The fourth-order valence-corrected chi connectivity index (χ4v) is 9.16. The van der Waals surface area contributed by atoms with Gasteiger partial charge in [-0.1, -0.05) is 78.6 Å². The fourth-order valence-electron chi connectivity index (χ4n) is 8.33. The average molecular weight is 895 g/mol. The Balaban J connectivity index is 0.000000198. The molecule has 0 atom stereocenters. The van der Waals surface area contributed by atoms with E-state index in [2.05, 4.69) is 77.8 Å². The highest BCUT2D eigenvalue weighted by atomic mass is 35.5. The molecule has 2 saturated heterocycles. The third kappa shape index (κ3) is 12.4. The number of nitrogens with zero attached hydrogens (tertiary/aromatic N) is 4. The number of halogens is 4. The lowest BCUT2D eigenvalue weighted by atomic mass is 10.1. The summed E-state index contributed by atoms with van der Waals surface area (Å²) in [7, 11) is 0. The van der Waals surface area contributed by atoms with Crippen LogP contribution in [0.2, 0.25) is 20.1 Å². The second kappa shape index (κ2) is 22.3. The SMILES string of the molecule is C.C=C1Cc2ccc(NCCCCN3CCCN(c4cccc(Cl)c4Cl)CC3)cc2N1.O=C1Cc2cc(NCCCN3CCCN(c4cccc(Cl)c4Cl)CC3)ccc2N1. The number of nitrogens with one attached hydrogen (secondary N) is 4. The summed E-state index contributed by atoms with van der Waals surface area (Å²) in [5.41, 5.74) is 9.98. The van der Waals surface area contributed by atoms with E-state index in [1.807, 2.05) is 42.5 Å². The van der Waals surface area contributed by atoms with E-state index in [4.69, 9.17) is 46.4 Å². The first-order chi connectivity index (χ1) is 28.7. The Bertz CT molecular complexity index is 2080. The molecule has 322 valence electrons. The molecule has 2 fully saturated rings. The van der Waals surface area contributed by atoms with E-state index in [0.29, 0.717) is 26.5 Å². The summed E-state index contributed by atoms with van der Waals surface area (Å²) in [6.07, 6.45) is 7.11. The zero-order chi connectivity index (χ0) is 41.1. The first kappa shape index (κ1) is 45.7. The molecule has 60 heavy (non-hydrogen) atoms. The molecule has 4 aliphatic heterocycles. The molecular formula is C47H60Cl4N8O. The molecule has 0 unspecified atom stereocenters. The van der Waals surface area contributed by atoms with Crippen LogP contribution >= 0.6 is 46.4 Å². The van der Waals surface area contributed by atoms with Crippen LogP contribution in [0.5, 0.6) is 0 Å². The lowest BCUT2D eigenvalue weighted by Gasteiger charge is -2.25. The van der Waals surface area contributed by atoms with Gasteiger partial charge in [-0.2, -0.15) is 0 Å². The van der Waals surface area contributed by atoms with Crippen LogP contribution in [0.25, 0.3) is 0 Å². The lowest BCUT2D eigenvalue weighted by Crippen LogP contribution is -2.32. The highest BCUT2D eigenvalue weighted by molar-refractivity contribution is 6.44. The van der Waals surface area contributed by atoms with Gasteiger partial charge in [0, 0.05) is 87.2 Å². The number of unbranched alkanes of at least 4 members (excludes halogenated alkanes) is 1. The molecule has 0 aromatic heterocycles. The molecular weight excluding hydrogens is 834 g/mol. The molecule has 0 saturated carbocycles. The molecule has 0 aliphatic carbocycles. The molecule has 4 aromatic carbocycles. The van der Waals surface area contributed by atoms with Crippen LogP contribution in [0, 0.1) is 0 Å². The molecule has 4 heterocycles. The first-order valence-electron chi connectivity index (χ1n) is 21.0. The Labute approximate surface area is 377 Å². The van der Waals surface area contributed by atoms with Crippen molar-refractivity contribution >= 4 is 86.4 Å². The number of fused-ring (bicyclic) bond motifs is 2. The van der Waals surface area contributed by atoms with Crippen molar-refractivity contribution in [1.82, 2.24) is 9.80 Å². The third-order valence-electron chi connectivity index (χ3n) is 11.5. The average Bonchev–Trinajstić information content (AvgIpc) is 3.57. The molecule has 4 aromatic rings. The summed E-state index contributed by atoms with van der Waals surface area (Å²) in [6, 6.07) is 24.4. The van der Waals surface area contributed by atoms with Gasteiger partial charge < -0.3 is 40.9 Å². The predicted molar refractivity (Wildman–Crippen MR) is 259 cm³/mol. The van der Waals surface area contributed by atoms with E-state index >= 15 is 0 Å². The van der Waals surface area contributed by atoms with Crippen molar-refractivity contribution in [3.63, 3.8) is 0 Å². The second-order valence-corrected chi connectivity index (χ2v) is 17.4. The van der Waals surface area contributed by atoms with Crippen LogP contribution in [0.3, 0.4) is 0 Å². The van der Waals surface area contributed by atoms with Gasteiger partial charge >= 0.3 is 0 Å². The van der Waals surface area contributed by atoms with E-state index < -0.39 is 0 Å². The maximum atomic E-state index is 11.5. The van der Waals surface area contributed by atoms with Gasteiger partial charge in [-0.05, 0) is 124 Å². The number of carbonyl (C=O) groups is 1. The second-order valence-electron chi connectivity index (χ2n) is 15.8. The van der Waals surface area contributed by atoms with E-state index in [9.17, 15) is 4.79 Å². The topological polar surface area (TPSA) is 78.2 Å². The van der Waals surface area contributed by atoms with Crippen LogP contribution < -0.4 is 31.1 Å². The number of benzene rings is 4. The minimum absolute atomic E-state index is 0. The quantitative estimate of drug-likeness (QED) is 0.0989. The summed E-state index contributed by atoms with van der Waals surface area (Å²) in [6.45, 7) is 16.4. The van der Waals surface area contributed by atoms with Crippen molar-refractivity contribution in [1.29, 1.82) is 0 Å². The largest absolute Gasteiger partial charge is 0.385 e. The van der Waals surface area contributed by atoms with Crippen molar-refractivity contribution < 1.29 is 4.79 Å². The van der Waals surface area contributed by atoms with E-state index in [1.165, 1.54) is 23.4 Å². The van der Waals surface area contributed by atoms with Crippen LogP contribution in [0.4, 0.5) is 34.1 Å². The predicted octanol–water partition coefficient (Wildman–Crippen LogP) is 11.0. The number of hydrogen-bond donors (Lipinski definition) is 4. The number of amides is 1. The smallest absolute Gasteiger partial charge is 0.228 e. The number of rotatable bonds is 13. The Morgan fingerprint density at radius 2 is 1.17 bits per heavy atom. The van der Waals surface area contributed by atoms with Gasteiger partial charge in [0.15, 0.2) is 0 Å². The maximum absolute atomic E-state index is 11.5. The molecule has 8 rings (SSSR count). The van der Waals surface area contributed by atoms with Crippen LogP contribution in [-0.4, -0.2) is 94.2 Å². The number of carbonyl (C=O) groups excluding carboxylic acids is 1. The van der Waals surface area contributed by atoms with Gasteiger partial charge in [-0.3, -0.25) is 4.79 Å². The minimum atomic E-state index is 0. The van der Waals surface area contributed by atoms with Gasteiger partial charge in [0.05, 0.1) is 37.9 Å².